The highest BCUT2D eigenvalue weighted by atomic mass is 79.9. The van der Waals surface area contributed by atoms with E-state index in [0.717, 1.165) is 10.2 Å². The molecule has 0 atom stereocenters. The smallest absolute Gasteiger partial charge is 0.242 e. The van der Waals surface area contributed by atoms with Gasteiger partial charge in [-0.3, -0.25) is 0 Å². The van der Waals surface area contributed by atoms with E-state index in [9.17, 15) is 0 Å². The van der Waals surface area contributed by atoms with E-state index in [1.807, 2.05) is 18.2 Å². The van der Waals surface area contributed by atoms with E-state index in [-0.39, 0.29) is 0 Å². The Balaban J connectivity index is 2.25. The second kappa shape index (κ2) is 5.05. The van der Waals surface area contributed by atoms with Crippen LogP contribution < -0.4 is 15.2 Å². The minimum atomic E-state index is 0.376. The van der Waals surface area contributed by atoms with Gasteiger partial charge in [-0.25, -0.2) is 4.98 Å². The number of nitrogens with zero attached hydrogens (tertiary/aromatic N) is 1. The van der Waals surface area contributed by atoms with Crippen LogP contribution in [0, 0.1) is 0 Å². The number of aromatic nitrogens is 1. The van der Waals surface area contributed by atoms with Gasteiger partial charge in [0.15, 0.2) is 0 Å². The lowest BCUT2D eigenvalue weighted by atomic mass is 10.3. The molecule has 0 aliphatic heterocycles. The van der Waals surface area contributed by atoms with Crippen molar-refractivity contribution in [1.82, 2.24) is 4.98 Å². The van der Waals surface area contributed by atoms with Crippen LogP contribution in [-0.4, -0.2) is 12.1 Å². The molecule has 0 aliphatic carbocycles. The lowest BCUT2D eigenvalue weighted by Gasteiger charge is -2.08. The Kier molecular flexibility index (Phi) is 3.49. The Hall–Kier alpha value is -1.75. The van der Waals surface area contributed by atoms with Crippen LogP contribution in [0.1, 0.15) is 0 Å². The molecule has 0 radical (unpaired) electrons. The highest BCUT2D eigenvalue weighted by Crippen LogP contribution is 2.28. The third-order valence-electron chi connectivity index (χ3n) is 2.10. The van der Waals surface area contributed by atoms with Crippen molar-refractivity contribution < 1.29 is 9.47 Å². The van der Waals surface area contributed by atoms with Gasteiger partial charge in [-0.05, 0) is 34.1 Å². The molecule has 1 aromatic carbocycles. The molecule has 0 bridgehead atoms. The Morgan fingerprint density at radius 3 is 2.71 bits per heavy atom. The predicted molar refractivity (Wildman–Crippen MR) is 69.4 cm³/mol. The number of anilines is 1. The zero-order valence-corrected chi connectivity index (χ0v) is 10.8. The maximum atomic E-state index is 5.79. The number of rotatable bonds is 3. The zero-order valence-electron chi connectivity index (χ0n) is 9.18. The van der Waals surface area contributed by atoms with Gasteiger partial charge in [-0.15, -0.1) is 0 Å². The van der Waals surface area contributed by atoms with Gasteiger partial charge < -0.3 is 15.2 Å². The highest BCUT2D eigenvalue weighted by molar-refractivity contribution is 9.10. The van der Waals surface area contributed by atoms with Crippen LogP contribution in [0.3, 0.4) is 0 Å². The predicted octanol–water partition coefficient (Wildman–Crippen LogP) is 3.23. The monoisotopic (exact) mass is 294 g/mol. The largest absolute Gasteiger partial charge is 0.497 e. The van der Waals surface area contributed by atoms with Crippen molar-refractivity contribution in [1.29, 1.82) is 0 Å². The molecule has 5 heteroatoms. The molecule has 17 heavy (non-hydrogen) atoms. The first-order chi connectivity index (χ1) is 8.19. The van der Waals surface area contributed by atoms with Gasteiger partial charge in [0.05, 0.1) is 12.8 Å². The van der Waals surface area contributed by atoms with E-state index < -0.39 is 0 Å². The van der Waals surface area contributed by atoms with Gasteiger partial charge in [-0.1, -0.05) is 6.07 Å². The molecule has 1 heterocycles. The number of benzene rings is 1. The Bertz CT molecular complexity index is 532. The summed E-state index contributed by atoms with van der Waals surface area (Å²) in [5.74, 6) is 1.73. The van der Waals surface area contributed by atoms with E-state index in [0.29, 0.717) is 17.3 Å². The third kappa shape index (κ3) is 2.88. The van der Waals surface area contributed by atoms with Crippen molar-refractivity contribution in [3.8, 4) is 17.4 Å². The fourth-order valence-electron chi connectivity index (χ4n) is 1.30. The quantitative estimate of drug-likeness (QED) is 0.944. The molecule has 2 N–H and O–H groups in total. The minimum Gasteiger partial charge on any atom is -0.497 e. The van der Waals surface area contributed by atoms with Crippen LogP contribution in [0.25, 0.3) is 0 Å². The number of nitrogen functional groups attached to an aromatic ring is 1. The maximum absolute atomic E-state index is 5.79. The normalized spacial score (nSPS) is 10.0. The molecular formula is C12H11BrN2O2. The molecule has 0 unspecified atom stereocenters. The van der Waals surface area contributed by atoms with E-state index in [4.69, 9.17) is 15.2 Å². The Morgan fingerprint density at radius 1 is 1.24 bits per heavy atom. The molecule has 88 valence electrons. The van der Waals surface area contributed by atoms with Crippen molar-refractivity contribution in [2.75, 3.05) is 12.8 Å². The number of methoxy groups -OCH3 is 1. The van der Waals surface area contributed by atoms with E-state index >= 15 is 0 Å². The van der Waals surface area contributed by atoms with Gasteiger partial charge >= 0.3 is 0 Å². The number of ether oxygens (including phenoxy) is 2. The van der Waals surface area contributed by atoms with Crippen molar-refractivity contribution in [3.63, 3.8) is 0 Å². The van der Waals surface area contributed by atoms with Crippen LogP contribution in [0.4, 0.5) is 5.69 Å². The summed E-state index contributed by atoms with van der Waals surface area (Å²) in [4.78, 5) is 4.09. The van der Waals surface area contributed by atoms with Gasteiger partial charge in [0.25, 0.3) is 0 Å². The molecule has 2 rings (SSSR count). The average molecular weight is 295 g/mol. The molecule has 0 aliphatic rings. The van der Waals surface area contributed by atoms with Crippen LogP contribution in [0.5, 0.6) is 17.4 Å². The number of hydrogen-bond acceptors (Lipinski definition) is 4. The Labute approximate surface area is 108 Å². The fraction of sp³-hybridized carbons (Fsp3) is 0.0833. The van der Waals surface area contributed by atoms with Gasteiger partial charge in [0, 0.05) is 16.7 Å². The summed E-state index contributed by atoms with van der Waals surface area (Å²) in [5, 5.41) is 0. The first kappa shape index (κ1) is 11.7. The summed E-state index contributed by atoms with van der Waals surface area (Å²) in [7, 11) is 1.60. The number of halogens is 1. The summed E-state index contributed by atoms with van der Waals surface area (Å²) in [5.41, 5.74) is 6.27. The van der Waals surface area contributed by atoms with E-state index in [1.54, 1.807) is 25.4 Å². The summed E-state index contributed by atoms with van der Waals surface area (Å²) in [6, 6.07) is 8.99. The molecule has 1 aromatic heterocycles. The first-order valence-electron chi connectivity index (χ1n) is 4.92. The van der Waals surface area contributed by atoms with Gasteiger partial charge in [-0.2, -0.15) is 0 Å². The molecule has 0 fully saturated rings. The number of hydrogen-bond donors (Lipinski definition) is 1. The lowest BCUT2D eigenvalue weighted by Crippen LogP contribution is -1.95. The van der Waals surface area contributed by atoms with Crippen LogP contribution in [-0.2, 0) is 0 Å². The standard InChI is InChI=1S/C12H11BrN2O2/c1-16-9-3-2-4-10(6-9)17-12-11(14)5-8(13)7-15-12/h2-7H,14H2,1H3. The fourth-order valence-corrected chi connectivity index (χ4v) is 1.65. The van der Waals surface area contributed by atoms with Crippen molar-refractivity contribution in [2.24, 2.45) is 0 Å². The van der Waals surface area contributed by atoms with Crippen LogP contribution in [0.2, 0.25) is 0 Å². The molecule has 0 saturated heterocycles. The van der Waals surface area contributed by atoms with Gasteiger partial charge in [0.2, 0.25) is 5.88 Å². The topological polar surface area (TPSA) is 57.4 Å². The van der Waals surface area contributed by atoms with Crippen molar-refractivity contribution >= 4 is 21.6 Å². The zero-order chi connectivity index (χ0) is 12.3. The number of nitrogens with two attached hydrogens (primary N) is 1. The van der Waals surface area contributed by atoms with E-state index in [1.165, 1.54) is 0 Å². The van der Waals surface area contributed by atoms with Crippen molar-refractivity contribution in [3.05, 3.63) is 41.0 Å². The summed E-state index contributed by atoms with van der Waals surface area (Å²) in [6.07, 6.45) is 1.63. The summed E-state index contributed by atoms with van der Waals surface area (Å²) in [6.45, 7) is 0. The van der Waals surface area contributed by atoms with Crippen molar-refractivity contribution in [2.45, 2.75) is 0 Å². The molecule has 4 nitrogen and oxygen atoms in total. The van der Waals surface area contributed by atoms with Crippen LogP contribution >= 0.6 is 15.9 Å². The average Bonchev–Trinajstić information content (AvgIpc) is 2.33. The Morgan fingerprint density at radius 2 is 2.00 bits per heavy atom. The van der Waals surface area contributed by atoms with Gasteiger partial charge in [0.1, 0.15) is 11.5 Å². The third-order valence-corrected chi connectivity index (χ3v) is 2.53. The molecule has 0 amide bonds. The van der Waals surface area contributed by atoms with E-state index in [2.05, 4.69) is 20.9 Å². The minimum absolute atomic E-state index is 0.376. The lowest BCUT2D eigenvalue weighted by molar-refractivity contribution is 0.407. The molecular weight excluding hydrogens is 284 g/mol. The second-order valence-electron chi connectivity index (χ2n) is 3.33. The SMILES string of the molecule is COc1cccc(Oc2ncc(Br)cc2N)c1. The van der Waals surface area contributed by atoms with Crippen LogP contribution in [0.15, 0.2) is 41.0 Å². The second-order valence-corrected chi connectivity index (χ2v) is 4.24. The first-order valence-corrected chi connectivity index (χ1v) is 5.71. The summed E-state index contributed by atoms with van der Waals surface area (Å²) < 4.78 is 11.5. The number of pyridine rings is 1. The molecule has 2 aromatic rings. The highest BCUT2D eigenvalue weighted by Gasteiger charge is 2.05. The molecule has 0 saturated carbocycles. The molecule has 0 spiro atoms. The maximum Gasteiger partial charge on any atom is 0.242 e. The summed E-state index contributed by atoms with van der Waals surface area (Å²) >= 11 is 3.29.